The molecule has 0 amide bonds. The first-order valence-electron chi connectivity index (χ1n) is 1.62. The van der Waals surface area contributed by atoms with Crippen molar-refractivity contribution in [3.63, 3.8) is 0 Å². The van der Waals surface area contributed by atoms with Gasteiger partial charge in [-0.2, -0.15) is 0 Å². The van der Waals surface area contributed by atoms with E-state index in [0.717, 1.165) is 0 Å². The number of hydrogen-bond donors (Lipinski definition) is 0. The molecule has 0 aliphatic rings. The van der Waals surface area contributed by atoms with Crippen molar-refractivity contribution in [2.45, 2.75) is 20.3 Å². The quantitative estimate of drug-likeness (QED) is 0.510. The second-order valence-electron chi connectivity index (χ2n) is 0.707. The van der Waals surface area contributed by atoms with Gasteiger partial charge in [0.25, 0.3) is 0 Å². The molecule has 0 bridgehead atoms. The Morgan fingerprint density at radius 3 is 1.40 bits per heavy atom. The Hall–Kier alpha value is 0.683. The van der Waals surface area contributed by atoms with Gasteiger partial charge in [0.15, 0.2) is 0 Å². The summed E-state index contributed by atoms with van der Waals surface area (Å²) in [5.74, 6) is 0. The van der Waals surface area contributed by atoms with Crippen molar-refractivity contribution in [3.8, 4) is 0 Å². The average Bonchev–Trinajstić information content (AvgIpc) is 1.46. The summed E-state index contributed by atoms with van der Waals surface area (Å²) in [6.07, 6.45) is 1.25. The summed E-state index contributed by atoms with van der Waals surface area (Å²) in [5, 5.41) is 0. The minimum absolute atomic E-state index is 0.300. The van der Waals surface area contributed by atoms with Gasteiger partial charge in [0.2, 0.25) is 0 Å². The van der Waals surface area contributed by atoms with Gasteiger partial charge in [-0.1, -0.05) is 20.3 Å². The van der Waals surface area contributed by atoms with Crippen molar-refractivity contribution in [1.82, 2.24) is 0 Å². The fraction of sp³-hybridized carbons (Fsp3) is 1.00. The Balaban J connectivity index is 0. The molecule has 0 aliphatic carbocycles. The predicted octanol–water partition coefficient (Wildman–Crippen LogP) is 1.29. The summed E-state index contributed by atoms with van der Waals surface area (Å²) < 4.78 is 8.34. The molecule has 30 valence electrons. The van der Waals surface area contributed by atoms with E-state index in [4.69, 9.17) is 2.81 Å². The molecule has 0 fully saturated rings. The van der Waals surface area contributed by atoms with Crippen LogP contribution in [0.1, 0.15) is 20.3 Å². The molecular formula is C3H8OZr. The zero-order valence-corrected chi connectivity index (χ0v) is 6.07. The maximum absolute atomic E-state index is 8.34. The molecule has 0 unspecified atom stereocenters. The van der Waals surface area contributed by atoms with Gasteiger partial charge in [-0.05, 0) is 0 Å². The topological polar surface area (TPSA) is 17.1 Å². The molecule has 0 heterocycles. The van der Waals surface area contributed by atoms with E-state index >= 15 is 0 Å². The van der Waals surface area contributed by atoms with E-state index in [-0.39, 0.29) is 0 Å². The van der Waals surface area contributed by atoms with Gasteiger partial charge in [-0.3, -0.25) is 0 Å². The van der Waals surface area contributed by atoms with Crippen LogP contribution in [0.4, 0.5) is 0 Å². The van der Waals surface area contributed by atoms with E-state index in [1.807, 2.05) is 0 Å². The van der Waals surface area contributed by atoms with Crippen LogP contribution in [0.5, 0.6) is 0 Å². The second-order valence-corrected chi connectivity index (χ2v) is 0.707. The minimum atomic E-state index is 0.300. The van der Waals surface area contributed by atoms with E-state index in [1.165, 1.54) is 6.42 Å². The molecule has 0 aromatic heterocycles. The van der Waals surface area contributed by atoms with Crippen LogP contribution in [-0.4, -0.2) is 0 Å². The Labute approximate surface area is 48.1 Å². The van der Waals surface area contributed by atoms with Crippen LogP contribution in [0.15, 0.2) is 0 Å². The molecule has 0 spiro atoms. The van der Waals surface area contributed by atoms with E-state index in [2.05, 4.69) is 13.8 Å². The monoisotopic (exact) mass is 150 g/mol. The average molecular weight is 151 g/mol. The van der Waals surface area contributed by atoms with Crippen molar-refractivity contribution < 1.29 is 27.5 Å². The van der Waals surface area contributed by atoms with Gasteiger partial charge in [0.05, 0.1) is 0 Å². The molecule has 1 nitrogen and oxygen atoms in total. The van der Waals surface area contributed by atoms with Crippen LogP contribution in [0.2, 0.25) is 0 Å². The molecule has 5 heavy (non-hydrogen) atoms. The van der Waals surface area contributed by atoms with Crippen LogP contribution >= 0.6 is 0 Å². The summed E-state index contributed by atoms with van der Waals surface area (Å²) in [6.45, 7) is 4.25. The van der Waals surface area contributed by atoms with Crippen LogP contribution in [0.3, 0.4) is 0 Å². The summed E-state index contributed by atoms with van der Waals surface area (Å²) in [7, 11) is 0. The molecule has 0 atom stereocenters. The summed E-state index contributed by atoms with van der Waals surface area (Å²) in [5.41, 5.74) is 0. The molecule has 0 saturated heterocycles. The fourth-order valence-corrected chi connectivity index (χ4v) is 0. The van der Waals surface area contributed by atoms with Crippen LogP contribution in [0, 0.1) is 0 Å². The van der Waals surface area contributed by atoms with E-state index in [1.54, 1.807) is 0 Å². The third-order valence-electron chi connectivity index (χ3n) is 0. The molecule has 0 aliphatic heterocycles. The van der Waals surface area contributed by atoms with Gasteiger partial charge in [0.1, 0.15) is 0 Å². The number of rotatable bonds is 0. The van der Waals surface area contributed by atoms with Crippen LogP contribution < -0.4 is 0 Å². The number of hydrogen-bond acceptors (Lipinski definition) is 1. The Morgan fingerprint density at radius 2 is 1.40 bits per heavy atom. The predicted molar refractivity (Wildman–Crippen MR) is 16.7 cm³/mol. The van der Waals surface area contributed by atoms with Gasteiger partial charge in [-0.15, -0.1) is 0 Å². The Morgan fingerprint density at radius 1 is 1.40 bits per heavy atom. The molecular weight excluding hydrogens is 143 g/mol. The zero-order chi connectivity index (χ0) is 4.71. The van der Waals surface area contributed by atoms with Crippen molar-refractivity contribution in [2.75, 3.05) is 0 Å². The first kappa shape index (κ1) is 9.19. The second kappa shape index (κ2) is 22.4. The van der Waals surface area contributed by atoms with Gasteiger partial charge < -0.3 is 0 Å². The van der Waals surface area contributed by atoms with Crippen molar-refractivity contribution in [3.05, 3.63) is 0 Å². The van der Waals surface area contributed by atoms with Gasteiger partial charge >= 0.3 is 27.5 Å². The summed E-state index contributed by atoms with van der Waals surface area (Å²) >= 11 is 0.300. The van der Waals surface area contributed by atoms with Gasteiger partial charge in [-0.25, -0.2) is 0 Å². The third-order valence-corrected chi connectivity index (χ3v) is 0. The Bertz CT molecular complexity index is 10.9. The first-order valence-corrected chi connectivity index (χ1v) is 2.62. The molecule has 0 rings (SSSR count). The Kier molecular flexibility index (Phi) is 41.2. The van der Waals surface area contributed by atoms with Crippen LogP contribution in [-0.2, 0) is 27.5 Å². The molecule has 0 aromatic rings. The standard InChI is InChI=1S/C3H8.O.Zr/c1-3-2;;/h3H2,1-2H3;;. The molecule has 0 radical (unpaired) electrons. The molecule has 0 aromatic carbocycles. The third kappa shape index (κ3) is 72.2. The first-order chi connectivity index (χ1) is 2.41. The summed E-state index contributed by atoms with van der Waals surface area (Å²) in [6, 6.07) is 0. The molecule has 0 N–H and O–H groups in total. The van der Waals surface area contributed by atoms with E-state index in [0.29, 0.717) is 24.7 Å². The van der Waals surface area contributed by atoms with Crippen molar-refractivity contribution in [2.24, 2.45) is 0 Å². The van der Waals surface area contributed by atoms with Gasteiger partial charge in [0, 0.05) is 0 Å². The SMILES string of the molecule is CCC.[O]=[Zr]. The molecule has 2 heteroatoms. The van der Waals surface area contributed by atoms with E-state index < -0.39 is 0 Å². The summed E-state index contributed by atoms with van der Waals surface area (Å²) in [4.78, 5) is 0. The molecule has 0 saturated carbocycles. The normalized spacial score (nSPS) is 4.20. The van der Waals surface area contributed by atoms with Crippen molar-refractivity contribution >= 4 is 0 Å². The zero-order valence-electron chi connectivity index (χ0n) is 3.62. The van der Waals surface area contributed by atoms with Crippen LogP contribution in [0.25, 0.3) is 0 Å². The van der Waals surface area contributed by atoms with Crippen molar-refractivity contribution in [1.29, 1.82) is 0 Å². The maximum atomic E-state index is 8.34. The van der Waals surface area contributed by atoms with E-state index in [9.17, 15) is 0 Å². The fourth-order valence-electron chi connectivity index (χ4n) is 0.